The molecule has 1 amide bonds. The van der Waals surface area contributed by atoms with Gasteiger partial charge in [0.15, 0.2) is 0 Å². The Bertz CT molecular complexity index is 1100. The number of nitrogens with zero attached hydrogens (tertiary/aromatic N) is 3. The van der Waals surface area contributed by atoms with E-state index in [9.17, 15) is 9.90 Å². The van der Waals surface area contributed by atoms with Crippen LogP contribution in [0.15, 0.2) is 53.4 Å². The number of anilines is 1. The van der Waals surface area contributed by atoms with E-state index in [4.69, 9.17) is 9.72 Å². The lowest BCUT2D eigenvalue weighted by Gasteiger charge is -2.23. The lowest BCUT2D eigenvalue weighted by atomic mass is 10.00. The molecule has 1 aliphatic heterocycles. The van der Waals surface area contributed by atoms with Gasteiger partial charge in [-0.1, -0.05) is 24.3 Å². The number of rotatable bonds is 2. The van der Waals surface area contributed by atoms with Gasteiger partial charge in [0.25, 0.3) is 5.91 Å². The SMILES string of the molecule is Cc1cccc(C)c1-c1cc2nc(n1)NSc1cccc(c1)C(=O)N(C)CC(CO)O2. The number of aromatic nitrogens is 2. The van der Waals surface area contributed by atoms with Crippen molar-refractivity contribution in [3.63, 3.8) is 0 Å². The van der Waals surface area contributed by atoms with Crippen molar-refractivity contribution in [2.24, 2.45) is 0 Å². The van der Waals surface area contributed by atoms with E-state index in [1.54, 1.807) is 24.1 Å². The molecule has 2 heterocycles. The number of amides is 1. The third kappa shape index (κ3) is 4.65. The van der Waals surface area contributed by atoms with Crippen LogP contribution in [0.3, 0.4) is 0 Å². The number of hydrogen-bond acceptors (Lipinski definition) is 7. The van der Waals surface area contributed by atoms with Crippen molar-refractivity contribution >= 4 is 23.8 Å². The van der Waals surface area contributed by atoms with Crippen LogP contribution in [0.1, 0.15) is 21.5 Å². The van der Waals surface area contributed by atoms with Gasteiger partial charge >= 0.3 is 0 Å². The van der Waals surface area contributed by atoms with E-state index in [1.165, 1.54) is 11.9 Å². The molecule has 1 unspecified atom stereocenters. The van der Waals surface area contributed by atoms with Crippen LogP contribution in [0.5, 0.6) is 5.88 Å². The Hall–Kier alpha value is -3.10. The largest absolute Gasteiger partial charge is 0.470 e. The summed E-state index contributed by atoms with van der Waals surface area (Å²) in [6.07, 6.45) is -0.626. The number of benzene rings is 2. The quantitative estimate of drug-likeness (QED) is 0.592. The normalized spacial score (nSPS) is 16.5. The van der Waals surface area contributed by atoms with Gasteiger partial charge in [-0.2, -0.15) is 4.98 Å². The van der Waals surface area contributed by atoms with E-state index >= 15 is 0 Å². The minimum atomic E-state index is -0.626. The van der Waals surface area contributed by atoms with Gasteiger partial charge in [-0.3, -0.25) is 9.52 Å². The first kappa shape index (κ1) is 21.1. The van der Waals surface area contributed by atoms with Crippen molar-refractivity contribution in [3.05, 3.63) is 65.2 Å². The highest BCUT2D eigenvalue weighted by molar-refractivity contribution is 8.00. The fourth-order valence-corrected chi connectivity index (χ4v) is 4.22. The first-order valence-electron chi connectivity index (χ1n) is 9.96. The van der Waals surface area contributed by atoms with Crippen molar-refractivity contribution in [2.45, 2.75) is 24.8 Å². The zero-order chi connectivity index (χ0) is 22.0. The predicted molar refractivity (Wildman–Crippen MR) is 121 cm³/mol. The van der Waals surface area contributed by atoms with Crippen LogP contribution in [0.2, 0.25) is 0 Å². The predicted octanol–water partition coefficient (Wildman–Crippen LogP) is 3.70. The molecule has 1 aromatic heterocycles. The van der Waals surface area contributed by atoms with E-state index in [-0.39, 0.29) is 19.1 Å². The number of hydrogen-bond donors (Lipinski definition) is 2. The molecule has 2 N–H and O–H groups in total. The number of carbonyl (C=O) groups excluding carboxylic acids is 1. The minimum Gasteiger partial charge on any atom is -0.470 e. The molecule has 3 aromatic rings. The average Bonchev–Trinajstić information content (AvgIpc) is 2.76. The maximum atomic E-state index is 12.8. The Morgan fingerprint density at radius 1 is 1.16 bits per heavy atom. The second kappa shape index (κ2) is 8.95. The molecule has 31 heavy (non-hydrogen) atoms. The zero-order valence-electron chi connectivity index (χ0n) is 17.6. The second-order valence-corrected chi connectivity index (χ2v) is 8.40. The summed E-state index contributed by atoms with van der Waals surface area (Å²) in [6, 6.07) is 15.2. The van der Waals surface area contributed by atoms with Gasteiger partial charge in [0.2, 0.25) is 11.8 Å². The van der Waals surface area contributed by atoms with Crippen LogP contribution < -0.4 is 9.46 Å². The number of nitrogens with one attached hydrogen (secondary N) is 1. The molecule has 8 heteroatoms. The van der Waals surface area contributed by atoms with E-state index in [0.29, 0.717) is 17.4 Å². The molecule has 7 nitrogen and oxygen atoms in total. The highest BCUT2D eigenvalue weighted by Gasteiger charge is 2.21. The maximum absolute atomic E-state index is 12.8. The maximum Gasteiger partial charge on any atom is 0.253 e. The summed E-state index contributed by atoms with van der Waals surface area (Å²) in [4.78, 5) is 24.4. The summed E-state index contributed by atoms with van der Waals surface area (Å²) in [7, 11) is 1.69. The summed E-state index contributed by atoms with van der Waals surface area (Å²) in [5.41, 5.74) is 4.50. The van der Waals surface area contributed by atoms with Gasteiger partial charge in [0.05, 0.1) is 18.8 Å². The van der Waals surface area contributed by atoms with Crippen molar-refractivity contribution in [1.29, 1.82) is 0 Å². The first-order valence-corrected chi connectivity index (χ1v) is 10.8. The summed E-state index contributed by atoms with van der Waals surface area (Å²) in [6.45, 7) is 4.05. The molecule has 4 rings (SSSR count). The van der Waals surface area contributed by atoms with Crippen LogP contribution in [-0.2, 0) is 0 Å². The van der Waals surface area contributed by atoms with Crippen LogP contribution in [0, 0.1) is 13.8 Å². The fourth-order valence-electron chi connectivity index (χ4n) is 3.59. The lowest BCUT2D eigenvalue weighted by molar-refractivity contribution is 0.0591. The molecule has 1 atom stereocenters. The van der Waals surface area contributed by atoms with Crippen LogP contribution in [0.25, 0.3) is 11.3 Å². The number of aliphatic hydroxyl groups excluding tert-OH is 1. The molecular formula is C23H24N4O3S. The highest BCUT2D eigenvalue weighted by atomic mass is 32.2. The monoisotopic (exact) mass is 436 g/mol. The summed E-state index contributed by atoms with van der Waals surface area (Å²) in [5, 5.41) is 9.87. The van der Waals surface area contributed by atoms with E-state index in [0.717, 1.165) is 27.3 Å². The second-order valence-electron chi connectivity index (χ2n) is 7.52. The topological polar surface area (TPSA) is 87.6 Å². The lowest BCUT2D eigenvalue weighted by Crippen LogP contribution is -2.39. The van der Waals surface area contributed by atoms with E-state index < -0.39 is 6.10 Å². The molecule has 4 bridgehead atoms. The summed E-state index contributed by atoms with van der Waals surface area (Å²) in [5.74, 6) is 0.584. The van der Waals surface area contributed by atoms with Crippen LogP contribution in [-0.4, -0.2) is 52.2 Å². The van der Waals surface area contributed by atoms with Gasteiger partial charge in [-0.15, -0.1) is 0 Å². The molecule has 2 aromatic carbocycles. The van der Waals surface area contributed by atoms with Crippen molar-refractivity contribution in [2.75, 3.05) is 24.9 Å². The number of carbonyl (C=O) groups is 1. The minimum absolute atomic E-state index is 0.141. The molecular weight excluding hydrogens is 412 g/mol. The van der Waals surface area contributed by atoms with Crippen molar-refractivity contribution < 1.29 is 14.6 Å². The third-order valence-corrected chi connectivity index (χ3v) is 5.87. The fraction of sp³-hybridized carbons (Fsp3) is 0.261. The Morgan fingerprint density at radius 3 is 2.65 bits per heavy atom. The zero-order valence-corrected chi connectivity index (χ0v) is 18.4. The number of likely N-dealkylation sites (N-methyl/N-ethyl adjacent to an activating group) is 1. The molecule has 0 fully saturated rings. The van der Waals surface area contributed by atoms with Crippen LogP contribution >= 0.6 is 11.9 Å². The van der Waals surface area contributed by atoms with Crippen LogP contribution in [0.4, 0.5) is 5.95 Å². The van der Waals surface area contributed by atoms with Gasteiger partial charge in [-0.25, -0.2) is 4.98 Å². The molecule has 1 aliphatic rings. The van der Waals surface area contributed by atoms with E-state index in [2.05, 4.69) is 9.71 Å². The average molecular weight is 437 g/mol. The van der Waals surface area contributed by atoms with Crippen molar-refractivity contribution in [3.8, 4) is 17.1 Å². The van der Waals surface area contributed by atoms with Crippen molar-refractivity contribution in [1.82, 2.24) is 14.9 Å². The Morgan fingerprint density at radius 2 is 1.90 bits per heavy atom. The highest BCUT2D eigenvalue weighted by Crippen LogP contribution is 2.30. The molecule has 0 saturated heterocycles. The molecule has 0 spiro atoms. The molecule has 160 valence electrons. The Balaban J connectivity index is 1.80. The molecule has 0 radical (unpaired) electrons. The standard InChI is InChI=1S/C23H24N4O3S/c1-14-6-4-7-15(2)21(14)19-11-20-25-23(24-19)26-31-18-9-5-8-16(10-18)22(29)27(3)12-17(13-28)30-20/h4-11,17,28H,12-13H2,1-3H3,(H,24,25,26). The molecule has 0 saturated carbocycles. The molecule has 0 aliphatic carbocycles. The van der Waals surface area contributed by atoms with Gasteiger partial charge in [-0.05, 0) is 55.1 Å². The van der Waals surface area contributed by atoms with Gasteiger partial charge in [0, 0.05) is 29.1 Å². The number of ether oxygens (including phenoxy) is 1. The first-order chi connectivity index (χ1) is 14.9. The van der Waals surface area contributed by atoms with E-state index in [1.807, 2.05) is 50.2 Å². The van der Waals surface area contributed by atoms with Gasteiger partial charge in [0.1, 0.15) is 6.10 Å². The van der Waals surface area contributed by atoms with Gasteiger partial charge < -0.3 is 14.7 Å². The smallest absolute Gasteiger partial charge is 0.253 e. The third-order valence-electron chi connectivity index (χ3n) is 5.10. The number of aliphatic hydroxyl groups is 1. The number of aryl methyl sites for hydroxylation is 2. The summed E-state index contributed by atoms with van der Waals surface area (Å²) < 4.78 is 9.16. The Labute approximate surface area is 185 Å². The summed E-state index contributed by atoms with van der Waals surface area (Å²) >= 11 is 1.32. The Kier molecular flexibility index (Phi) is 6.11. The number of fused-ring (bicyclic) bond motifs is 4.